The normalized spacial score (nSPS) is 13.5. The van der Waals surface area contributed by atoms with Gasteiger partial charge in [-0.2, -0.15) is 0 Å². The van der Waals surface area contributed by atoms with Crippen molar-refractivity contribution < 1.29 is 9.29 Å². The molecule has 1 aromatic rings. The minimum Gasteiger partial charge on any atom is -0.375 e. The van der Waals surface area contributed by atoms with Crippen LogP contribution in [0.3, 0.4) is 0 Å². The third-order valence-corrected chi connectivity index (χ3v) is 3.78. The molecule has 2 N–H and O–H groups in total. The Bertz CT molecular complexity index is 370. The van der Waals surface area contributed by atoms with Crippen LogP contribution in [0.1, 0.15) is 31.9 Å². The van der Waals surface area contributed by atoms with E-state index in [0.29, 0.717) is 0 Å². The number of ether oxygens (including phenoxy) is 1. The molecule has 5 heteroatoms. The van der Waals surface area contributed by atoms with Crippen molar-refractivity contribution in [1.82, 2.24) is 5.32 Å². The van der Waals surface area contributed by atoms with Gasteiger partial charge in [-0.15, -0.1) is 0 Å². The first-order valence-corrected chi connectivity index (χ1v) is 7.63. The van der Waals surface area contributed by atoms with Crippen molar-refractivity contribution in [2.45, 2.75) is 31.9 Å². The standard InChI is InChI=1S/C14H22ClNO2S/c1-14(2,16-9-4-10-19-17)13(18-3)11-5-7-12(15)8-6-11/h5-8,13,16-17H,4,9-10H2,1-3H3. The summed E-state index contributed by atoms with van der Waals surface area (Å²) in [6.07, 6.45) is 0.869. The summed E-state index contributed by atoms with van der Waals surface area (Å²) < 4.78 is 14.3. The van der Waals surface area contributed by atoms with Crippen molar-refractivity contribution in [3.05, 3.63) is 34.9 Å². The van der Waals surface area contributed by atoms with Gasteiger partial charge in [-0.05, 0) is 56.6 Å². The zero-order valence-electron chi connectivity index (χ0n) is 11.6. The second-order valence-corrected chi connectivity index (χ2v) is 6.11. The van der Waals surface area contributed by atoms with Crippen LogP contribution in [-0.4, -0.2) is 29.5 Å². The molecular formula is C14H22ClNO2S. The fourth-order valence-electron chi connectivity index (χ4n) is 2.12. The Morgan fingerprint density at radius 2 is 2.00 bits per heavy atom. The third kappa shape index (κ3) is 5.32. The van der Waals surface area contributed by atoms with Crippen LogP contribution in [-0.2, 0) is 4.74 Å². The first-order valence-electron chi connectivity index (χ1n) is 6.31. The van der Waals surface area contributed by atoms with E-state index in [1.165, 1.54) is 0 Å². The van der Waals surface area contributed by atoms with Gasteiger partial charge in [0.05, 0.1) is 6.10 Å². The van der Waals surface area contributed by atoms with E-state index in [-0.39, 0.29) is 11.6 Å². The van der Waals surface area contributed by atoms with Crippen LogP contribution in [0.25, 0.3) is 0 Å². The van der Waals surface area contributed by atoms with E-state index in [1.807, 2.05) is 24.3 Å². The van der Waals surface area contributed by atoms with Crippen LogP contribution in [0.5, 0.6) is 0 Å². The monoisotopic (exact) mass is 303 g/mol. The summed E-state index contributed by atoms with van der Waals surface area (Å²) in [7, 11) is 1.71. The van der Waals surface area contributed by atoms with Gasteiger partial charge in [0, 0.05) is 23.4 Å². The van der Waals surface area contributed by atoms with Crippen LogP contribution < -0.4 is 5.32 Å². The minimum atomic E-state index is -0.192. The highest BCUT2D eigenvalue weighted by Crippen LogP contribution is 2.29. The molecule has 0 saturated heterocycles. The number of rotatable bonds is 8. The van der Waals surface area contributed by atoms with Crippen LogP contribution in [0, 0.1) is 0 Å². The summed E-state index contributed by atoms with van der Waals surface area (Å²) in [6, 6.07) is 7.73. The topological polar surface area (TPSA) is 41.5 Å². The first kappa shape index (κ1) is 16.8. The van der Waals surface area contributed by atoms with E-state index in [4.69, 9.17) is 20.9 Å². The fourth-order valence-corrected chi connectivity index (χ4v) is 2.52. The second kappa shape index (κ2) is 8.12. The van der Waals surface area contributed by atoms with E-state index in [1.54, 1.807) is 7.11 Å². The second-order valence-electron chi connectivity index (χ2n) is 5.00. The number of hydrogen-bond acceptors (Lipinski definition) is 4. The van der Waals surface area contributed by atoms with Crippen LogP contribution >= 0.6 is 23.6 Å². The molecule has 0 saturated carbocycles. The maximum atomic E-state index is 8.71. The van der Waals surface area contributed by atoms with Crippen molar-refractivity contribution in [2.24, 2.45) is 0 Å². The van der Waals surface area contributed by atoms with Crippen molar-refractivity contribution >= 4 is 23.6 Å². The Balaban J connectivity index is 2.68. The molecule has 3 nitrogen and oxygen atoms in total. The van der Waals surface area contributed by atoms with Gasteiger partial charge in [-0.1, -0.05) is 23.7 Å². The molecule has 0 aliphatic heterocycles. The Labute approximate surface area is 124 Å². The fraction of sp³-hybridized carbons (Fsp3) is 0.571. The number of nitrogens with one attached hydrogen (secondary N) is 1. The molecule has 0 spiro atoms. The third-order valence-electron chi connectivity index (χ3n) is 3.06. The van der Waals surface area contributed by atoms with Crippen LogP contribution in [0.2, 0.25) is 5.02 Å². The summed E-state index contributed by atoms with van der Waals surface area (Å²) in [5.74, 6) is 0.738. The minimum absolute atomic E-state index is 0.0495. The van der Waals surface area contributed by atoms with Crippen molar-refractivity contribution in [1.29, 1.82) is 0 Å². The van der Waals surface area contributed by atoms with E-state index in [9.17, 15) is 0 Å². The highest BCUT2D eigenvalue weighted by molar-refractivity contribution is 7.93. The molecule has 108 valence electrons. The van der Waals surface area contributed by atoms with E-state index < -0.39 is 0 Å². The molecule has 0 aliphatic carbocycles. The lowest BCUT2D eigenvalue weighted by Gasteiger charge is -2.35. The smallest absolute Gasteiger partial charge is 0.0997 e. The SMILES string of the molecule is COC(c1ccc(Cl)cc1)C(C)(C)NCCCSO. The lowest BCUT2D eigenvalue weighted by atomic mass is 9.91. The Morgan fingerprint density at radius 3 is 2.53 bits per heavy atom. The molecule has 0 radical (unpaired) electrons. The Hall–Kier alpha value is -0.260. The van der Waals surface area contributed by atoms with Gasteiger partial charge in [0.25, 0.3) is 0 Å². The lowest BCUT2D eigenvalue weighted by Crippen LogP contribution is -2.46. The van der Waals surface area contributed by atoms with E-state index in [0.717, 1.165) is 41.3 Å². The molecule has 0 fully saturated rings. The number of hydrogen-bond donors (Lipinski definition) is 2. The van der Waals surface area contributed by atoms with Gasteiger partial charge >= 0.3 is 0 Å². The zero-order chi connectivity index (χ0) is 14.3. The lowest BCUT2D eigenvalue weighted by molar-refractivity contribution is 0.0314. The van der Waals surface area contributed by atoms with Gasteiger partial charge in [-0.25, -0.2) is 0 Å². The first-order chi connectivity index (χ1) is 9.01. The average Bonchev–Trinajstić information content (AvgIpc) is 2.37. The van der Waals surface area contributed by atoms with E-state index >= 15 is 0 Å². The van der Waals surface area contributed by atoms with Crippen LogP contribution in [0.15, 0.2) is 24.3 Å². The van der Waals surface area contributed by atoms with Crippen molar-refractivity contribution in [3.8, 4) is 0 Å². The summed E-state index contributed by atoms with van der Waals surface area (Å²) in [5.41, 5.74) is 0.906. The molecule has 1 aromatic carbocycles. The summed E-state index contributed by atoms with van der Waals surface area (Å²) in [5, 5.41) is 4.20. The quantitative estimate of drug-likeness (QED) is 0.563. The Morgan fingerprint density at radius 1 is 1.37 bits per heavy atom. The molecule has 1 atom stereocenters. The summed E-state index contributed by atoms with van der Waals surface area (Å²) in [6.45, 7) is 5.07. The number of halogens is 1. The average molecular weight is 304 g/mol. The van der Waals surface area contributed by atoms with Crippen LogP contribution in [0.4, 0.5) is 0 Å². The number of methoxy groups -OCH3 is 1. The maximum absolute atomic E-state index is 8.71. The highest BCUT2D eigenvalue weighted by Gasteiger charge is 2.30. The molecule has 0 aliphatic rings. The van der Waals surface area contributed by atoms with Gasteiger partial charge in [0.15, 0.2) is 0 Å². The van der Waals surface area contributed by atoms with Gasteiger partial charge < -0.3 is 14.6 Å². The molecule has 0 heterocycles. The van der Waals surface area contributed by atoms with E-state index in [2.05, 4.69) is 19.2 Å². The highest BCUT2D eigenvalue weighted by atomic mass is 35.5. The molecule has 19 heavy (non-hydrogen) atoms. The van der Waals surface area contributed by atoms with Crippen molar-refractivity contribution in [3.63, 3.8) is 0 Å². The largest absolute Gasteiger partial charge is 0.375 e. The molecule has 0 amide bonds. The molecule has 1 unspecified atom stereocenters. The molecule has 1 rings (SSSR count). The predicted molar refractivity (Wildman–Crippen MR) is 83.0 cm³/mol. The molecule has 0 bridgehead atoms. The maximum Gasteiger partial charge on any atom is 0.0997 e. The molecule has 0 aromatic heterocycles. The predicted octanol–water partition coefficient (Wildman–Crippen LogP) is 3.99. The van der Waals surface area contributed by atoms with Gasteiger partial charge in [0.1, 0.15) is 0 Å². The molecular weight excluding hydrogens is 282 g/mol. The Kier molecular flexibility index (Phi) is 7.18. The summed E-state index contributed by atoms with van der Waals surface area (Å²) >= 11 is 6.79. The number of benzene rings is 1. The van der Waals surface area contributed by atoms with Gasteiger partial charge in [0.2, 0.25) is 0 Å². The van der Waals surface area contributed by atoms with Crippen molar-refractivity contribution in [2.75, 3.05) is 19.4 Å². The van der Waals surface area contributed by atoms with Gasteiger partial charge in [-0.3, -0.25) is 0 Å². The zero-order valence-corrected chi connectivity index (χ0v) is 13.2. The summed E-state index contributed by atoms with van der Waals surface area (Å²) in [4.78, 5) is 0.